The molecule has 2 fully saturated rings. The van der Waals surface area contributed by atoms with Gasteiger partial charge in [-0.3, -0.25) is 24.6 Å². The number of aromatic nitrogens is 1. The van der Waals surface area contributed by atoms with Crippen LogP contribution in [0.3, 0.4) is 0 Å². The zero-order valence-corrected chi connectivity index (χ0v) is 30.8. The van der Waals surface area contributed by atoms with E-state index in [-0.39, 0.29) is 37.0 Å². The Bertz CT molecular complexity index is 2050. The number of amides is 3. The number of carbonyl (C=O) groups excluding carboxylic acids is 3. The minimum atomic E-state index is -2.99. The first kappa shape index (κ1) is 37.7. The Labute approximate surface area is 319 Å². The fraction of sp³-hybridized carbons (Fsp3) is 0.349. The molecule has 0 aliphatic carbocycles. The number of imide groups is 1. The van der Waals surface area contributed by atoms with Gasteiger partial charge in [0.15, 0.2) is 6.61 Å². The molecule has 3 aromatic carbocycles. The molecular weight excluding hydrogens is 704 g/mol. The maximum absolute atomic E-state index is 15.0. The highest BCUT2D eigenvalue weighted by Crippen LogP contribution is 2.36. The minimum absolute atomic E-state index is 0.181. The van der Waals surface area contributed by atoms with Gasteiger partial charge in [-0.2, -0.15) is 0 Å². The van der Waals surface area contributed by atoms with Crippen LogP contribution in [0.15, 0.2) is 91.0 Å². The van der Waals surface area contributed by atoms with Crippen molar-refractivity contribution in [3.05, 3.63) is 119 Å². The molecule has 55 heavy (non-hydrogen) atoms. The van der Waals surface area contributed by atoms with E-state index in [1.165, 1.54) is 4.90 Å². The number of aromatic hydroxyl groups is 1. The van der Waals surface area contributed by atoms with Crippen LogP contribution in [-0.4, -0.2) is 88.9 Å². The van der Waals surface area contributed by atoms with Crippen molar-refractivity contribution in [2.24, 2.45) is 0 Å². The molecule has 0 bridgehead atoms. The number of carbonyl (C=O) groups is 3. The van der Waals surface area contributed by atoms with Crippen LogP contribution in [0.4, 0.5) is 14.6 Å². The van der Waals surface area contributed by atoms with Gasteiger partial charge < -0.3 is 19.6 Å². The number of phenolic OH excluding ortho intramolecular Hbond substituents is 1. The van der Waals surface area contributed by atoms with Crippen LogP contribution in [-0.2, 0) is 16.1 Å². The summed E-state index contributed by atoms with van der Waals surface area (Å²) >= 11 is 0. The summed E-state index contributed by atoms with van der Waals surface area (Å²) in [4.78, 5) is 47.5. The smallest absolute Gasteiger partial charge is 0.281 e. The van der Waals surface area contributed by atoms with Gasteiger partial charge in [-0.05, 0) is 90.0 Å². The second-order valence-electron chi connectivity index (χ2n) is 14.3. The number of allylic oxidation sites excluding steroid dienone is 1. The largest absolute Gasteiger partial charge is 0.508 e. The zero-order chi connectivity index (χ0) is 38.5. The summed E-state index contributed by atoms with van der Waals surface area (Å²) in [5.74, 6) is -2.74. The zero-order valence-electron chi connectivity index (χ0n) is 30.8. The SMILES string of the molecule is CCC(=C(c1ccc(O)cc1)c1ccc(OCC(F)(F)CCCN2CCN(c3ccc4c(n3)CN(C3CCC(=O)NC3=O)C4=O)CC2)cc1)c1ccccc1. The number of hydrogen-bond donors (Lipinski definition) is 2. The number of ether oxygens (including phenoxy) is 1. The second kappa shape index (κ2) is 16.4. The maximum Gasteiger partial charge on any atom is 0.281 e. The van der Waals surface area contributed by atoms with Crippen molar-refractivity contribution < 1.29 is 33.0 Å². The van der Waals surface area contributed by atoms with E-state index in [1.807, 2.05) is 48.5 Å². The Morgan fingerprint density at radius 1 is 0.891 bits per heavy atom. The number of hydrogen-bond acceptors (Lipinski definition) is 8. The monoisotopic (exact) mass is 749 g/mol. The summed E-state index contributed by atoms with van der Waals surface area (Å²) in [6.45, 7) is 4.87. The Balaban J connectivity index is 0.889. The van der Waals surface area contributed by atoms with Crippen LogP contribution in [0, 0.1) is 0 Å². The number of alkyl halides is 2. The molecule has 3 amide bonds. The van der Waals surface area contributed by atoms with Gasteiger partial charge in [0.1, 0.15) is 23.4 Å². The highest BCUT2D eigenvalue weighted by molar-refractivity contribution is 6.05. The fourth-order valence-electron chi connectivity index (χ4n) is 7.65. The lowest BCUT2D eigenvalue weighted by Gasteiger charge is -2.35. The molecule has 12 heteroatoms. The lowest BCUT2D eigenvalue weighted by atomic mass is 9.88. The number of halogens is 2. The van der Waals surface area contributed by atoms with Crippen LogP contribution in [0.25, 0.3) is 11.1 Å². The highest BCUT2D eigenvalue weighted by Gasteiger charge is 2.40. The van der Waals surface area contributed by atoms with Gasteiger partial charge in [-0.25, -0.2) is 13.8 Å². The van der Waals surface area contributed by atoms with E-state index in [2.05, 4.69) is 34.2 Å². The predicted octanol–water partition coefficient (Wildman–Crippen LogP) is 6.53. The van der Waals surface area contributed by atoms with Crippen LogP contribution < -0.4 is 15.0 Å². The van der Waals surface area contributed by atoms with Crippen molar-refractivity contribution in [3.63, 3.8) is 0 Å². The molecule has 1 aromatic heterocycles. The predicted molar refractivity (Wildman–Crippen MR) is 206 cm³/mol. The first-order valence-electron chi connectivity index (χ1n) is 18.9. The summed E-state index contributed by atoms with van der Waals surface area (Å²) in [6, 6.07) is 27.3. The average Bonchev–Trinajstić information content (AvgIpc) is 3.52. The maximum atomic E-state index is 15.0. The minimum Gasteiger partial charge on any atom is -0.508 e. The van der Waals surface area contributed by atoms with E-state index in [0.29, 0.717) is 62.6 Å². The lowest BCUT2D eigenvalue weighted by molar-refractivity contribution is -0.136. The molecule has 10 nitrogen and oxygen atoms in total. The van der Waals surface area contributed by atoms with Crippen LogP contribution in [0.5, 0.6) is 11.5 Å². The van der Waals surface area contributed by atoms with Crippen LogP contribution in [0.2, 0.25) is 0 Å². The van der Waals surface area contributed by atoms with Gasteiger partial charge in [-0.1, -0.05) is 61.5 Å². The standard InChI is InChI=1S/C43H45F2N5O5/c1-2-34(29-7-4-3-5-8-29)40(30-9-13-32(51)14-10-30)31-11-15-33(16-12-31)55-28-43(44,45)21-6-22-48-23-25-49(26-24-48)38-19-17-35-36(46-38)27-50(42(35)54)37-18-20-39(52)47-41(37)53/h3-5,7-17,19,37,51H,2,6,18,20-28H2,1H3,(H,47,52,53). The Kier molecular flexibility index (Phi) is 11.2. The molecule has 4 aromatic rings. The van der Waals surface area contributed by atoms with E-state index in [4.69, 9.17) is 9.72 Å². The third kappa shape index (κ3) is 8.70. The van der Waals surface area contributed by atoms with Crippen LogP contribution >= 0.6 is 0 Å². The third-order valence-corrected chi connectivity index (χ3v) is 10.6. The van der Waals surface area contributed by atoms with Gasteiger partial charge >= 0.3 is 0 Å². The Hall–Kier alpha value is -5.62. The first-order valence-corrected chi connectivity index (χ1v) is 18.9. The van der Waals surface area contributed by atoms with E-state index in [9.17, 15) is 19.5 Å². The van der Waals surface area contributed by atoms with E-state index in [0.717, 1.165) is 40.1 Å². The quantitative estimate of drug-likeness (QED) is 0.117. The number of benzene rings is 3. The normalized spacial score (nSPS) is 18.2. The number of piperidine rings is 1. The van der Waals surface area contributed by atoms with E-state index < -0.39 is 24.5 Å². The molecule has 1 atom stereocenters. The van der Waals surface area contributed by atoms with Crippen molar-refractivity contribution in [3.8, 4) is 11.5 Å². The van der Waals surface area contributed by atoms with Crippen molar-refractivity contribution in [1.29, 1.82) is 0 Å². The van der Waals surface area contributed by atoms with E-state index in [1.54, 1.807) is 30.3 Å². The molecule has 1 unspecified atom stereocenters. The van der Waals surface area contributed by atoms with E-state index >= 15 is 8.78 Å². The molecule has 0 saturated carbocycles. The number of anilines is 1. The molecule has 3 aliphatic heterocycles. The Morgan fingerprint density at radius 2 is 1.58 bits per heavy atom. The van der Waals surface area contributed by atoms with Gasteiger partial charge in [0.2, 0.25) is 11.8 Å². The van der Waals surface area contributed by atoms with Crippen molar-refractivity contribution in [2.45, 2.75) is 57.5 Å². The summed E-state index contributed by atoms with van der Waals surface area (Å²) in [7, 11) is 0. The molecule has 7 rings (SSSR count). The summed E-state index contributed by atoms with van der Waals surface area (Å²) in [5.41, 5.74) is 6.17. The van der Waals surface area contributed by atoms with Gasteiger partial charge in [0.25, 0.3) is 11.8 Å². The fourth-order valence-corrected chi connectivity index (χ4v) is 7.65. The highest BCUT2D eigenvalue weighted by atomic mass is 19.3. The first-order chi connectivity index (χ1) is 26.6. The summed E-state index contributed by atoms with van der Waals surface area (Å²) in [6.07, 6.45) is 1.29. The molecule has 2 N–H and O–H groups in total. The van der Waals surface area contributed by atoms with Crippen molar-refractivity contribution in [2.75, 3.05) is 44.2 Å². The summed E-state index contributed by atoms with van der Waals surface area (Å²) < 4.78 is 35.6. The molecular formula is C43H45F2N5O5. The summed E-state index contributed by atoms with van der Waals surface area (Å²) in [5, 5.41) is 12.2. The number of phenols is 1. The number of pyridine rings is 1. The molecule has 4 heterocycles. The lowest BCUT2D eigenvalue weighted by Crippen LogP contribution is -2.52. The molecule has 286 valence electrons. The third-order valence-electron chi connectivity index (χ3n) is 10.6. The number of nitrogens with zero attached hydrogens (tertiary/aromatic N) is 4. The second-order valence-corrected chi connectivity index (χ2v) is 14.3. The van der Waals surface area contributed by atoms with Crippen molar-refractivity contribution >= 4 is 34.7 Å². The molecule has 0 spiro atoms. The number of nitrogens with one attached hydrogen (secondary N) is 1. The molecule has 3 aliphatic rings. The number of fused-ring (bicyclic) bond motifs is 1. The number of rotatable bonds is 13. The average molecular weight is 750 g/mol. The van der Waals surface area contributed by atoms with Crippen molar-refractivity contribution in [1.82, 2.24) is 20.1 Å². The van der Waals surface area contributed by atoms with Gasteiger partial charge in [-0.15, -0.1) is 0 Å². The van der Waals surface area contributed by atoms with Crippen LogP contribution in [0.1, 0.15) is 71.8 Å². The Morgan fingerprint density at radius 3 is 2.25 bits per heavy atom. The number of piperazine rings is 1. The van der Waals surface area contributed by atoms with Gasteiger partial charge in [0.05, 0.1) is 17.8 Å². The molecule has 0 radical (unpaired) electrons. The molecule has 2 saturated heterocycles. The van der Waals surface area contributed by atoms with Gasteiger partial charge in [0, 0.05) is 39.0 Å². The topological polar surface area (TPSA) is 115 Å².